The van der Waals surface area contributed by atoms with Gasteiger partial charge in [-0.05, 0) is 0 Å². The fourth-order valence-electron chi connectivity index (χ4n) is 0.645. The minimum atomic E-state index is 0. The number of aromatic amines is 3. The number of hydrogen-bond acceptors (Lipinski definition) is 3. The first-order valence-corrected chi connectivity index (χ1v) is 4.28. The van der Waals surface area contributed by atoms with Gasteiger partial charge in [-0.15, -0.1) is 48.8 Å². The van der Waals surface area contributed by atoms with Crippen LogP contribution in [0.2, 0.25) is 0 Å². The maximum absolute atomic E-state index is 3.67. The van der Waals surface area contributed by atoms with Crippen molar-refractivity contribution in [1.82, 2.24) is 29.9 Å². The number of imidazole rings is 3. The quantitative estimate of drug-likeness (QED) is 0.503. The highest BCUT2D eigenvalue weighted by molar-refractivity contribution is 14.0. The second-order valence-corrected chi connectivity index (χ2v) is 2.28. The summed E-state index contributed by atoms with van der Waals surface area (Å²) in [7, 11) is 0. The number of halogens is 3. The Balaban J connectivity index is -0.000000173. The molecular weight excluding hydrogens is 390 g/mol. The van der Waals surface area contributed by atoms with Gasteiger partial charge in [-0.2, -0.15) is 0 Å². The number of rotatable bonds is 0. The highest BCUT2D eigenvalue weighted by Gasteiger charge is 1.57. The van der Waals surface area contributed by atoms with Gasteiger partial charge in [0.25, 0.3) is 0 Å². The second kappa shape index (κ2) is 18.3. The topological polar surface area (TPSA) is 86.0 Å². The van der Waals surface area contributed by atoms with Crippen molar-refractivity contribution in [2.24, 2.45) is 0 Å². The summed E-state index contributed by atoms with van der Waals surface area (Å²) in [5, 5.41) is 0. The first-order chi connectivity index (χ1) is 7.50. The van der Waals surface area contributed by atoms with Crippen LogP contribution in [-0.4, -0.2) is 29.9 Å². The van der Waals surface area contributed by atoms with Crippen molar-refractivity contribution in [2.75, 3.05) is 0 Å². The molecular formula is C9H15Cl2IN6. The number of aromatic nitrogens is 6. The third-order valence-electron chi connectivity index (χ3n) is 1.22. The van der Waals surface area contributed by atoms with Crippen molar-refractivity contribution in [3.05, 3.63) is 56.2 Å². The van der Waals surface area contributed by atoms with Gasteiger partial charge in [-0.3, -0.25) is 0 Å². The molecule has 0 aliphatic carbocycles. The van der Waals surface area contributed by atoms with Crippen molar-refractivity contribution in [3.8, 4) is 0 Å². The van der Waals surface area contributed by atoms with E-state index in [1.165, 1.54) is 0 Å². The Bertz CT molecular complexity index is 261. The molecule has 0 saturated carbocycles. The molecule has 0 aliphatic rings. The molecule has 0 amide bonds. The zero-order valence-corrected chi connectivity index (χ0v) is 13.2. The zero-order valence-electron chi connectivity index (χ0n) is 9.26. The minimum Gasteiger partial charge on any atom is -0.351 e. The maximum atomic E-state index is 3.67. The van der Waals surface area contributed by atoms with Crippen LogP contribution in [0.25, 0.3) is 0 Å². The van der Waals surface area contributed by atoms with E-state index in [-0.39, 0.29) is 48.8 Å². The zero-order chi connectivity index (χ0) is 10.6. The number of nitrogens with zero attached hydrogens (tertiary/aromatic N) is 3. The smallest absolute Gasteiger partial charge is 0.0919 e. The summed E-state index contributed by atoms with van der Waals surface area (Å²) in [6, 6.07) is 0. The number of H-pyrrole nitrogens is 3. The van der Waals surface area contributed by atoms with Crippen LogP contribution in [0.4, 0.5) is 0 Å². The molecule has 9 heteroatoms. The van der Waals surface area contributed by atoms with Gasteiger partial charge in [0.05, 0.1) is 19.0 Å². The summed E-state index contributed by atoms with van der Waals surface area (Å²) in [4.78, 5) is 19.2. The van der Waals surface area contributed by atoms with Crippen LogP contribution < -0.4 is 0 Å². The Hall–Kier alpha value is -1.06. The molecule has 3 aromatic rings. The predicted octanol–water partition coefficient (Wildman–Crippen LogP) is 2.69. The molecule has 0 unspecified atom stereocenters. The van der Waals surface area contributed by atoms with E-state index in [0.29, 0.717) is 0 Å². The van der Waals surface area contributed by atoms with Crippen LogP contribution in [0.15, 0.2) is 56.2 Å². The second-order valence-electron chi connectivity index (χ2n) is 2.28. The maximum Gasteiger partial charge on any atom is 0.0919 e. The summed E-state index contributed by atoms with van der Waals surface area (Å²) in [5.74, 6) is 0. The van der Waals surface area contributed by atoms with E-state index in [0.717, 1.165) is 0 Å². The summed E-state index contributed by atoms with van der Waals surface area (Å²) in [6.45, 7) is 0. The molecule has 0 aliphatic heterocycles. The van der Waals surface area contributed by atoms with Gasteiger partial charge in [-0.1, -0.05) is 0 Å². The van der Waals surface area contributed by atoms with Gasteiger partial charge < -0.3 is 15.0 Å². The van der Waals surface area contributed by atoms with E-state index in [2.05, 4.69) is 29.9 Å². The molecule has 3 N–H and O–H groups in total. The first kappa shape index (κ1) is 22.1. The van der Waals surface area contributed by atoms with Crippen LogP contribution in [-0.2, 0) is 0 Å². The van der Waals surface area contributed by atoms with Gasteiger partial charge in [0.2, 0.25) is 0 Å². The predicted molar refractivity (Wildman–Crippen MR) is 85.7 cm³/mol. The fourth-order valence-corrected chi connectivity index (χ4v) is 0.645. The molecule has 0 fully saturated rings. The van der Waals surface area contributed by atoms with Gasteiger partial charge in [0.15, 0.2) is 0 Å². The molecule has 0 bridgehead atoms. The Morgan fingerprint density at radius 3 is 0.889 bits per heavy atom. The molecule has 102 valence electrons. The fraction of sp³-hybridized carbons (Fsp3) is 0. The number of hydrogen-bond donors (Lipinski definition) is 3. The summed E-state index contributed by atoms with van der Waals surface area (Å²) in [5.41, 5.74) is 0. The van der Waals surface area contributed by atoms with Crippen LogP contribution in [0.1, 0.15) is 0 Å². The van der Waals surface area contributed by atoms with Crippen LogP contribution in [0.5, 0.6) is 0 Å². The van der Waals surface area contributed by atoms with E-state index in [4.69, 9.17) is 0 Å². The van der Waals surface area contributed by atoms with Gasteiger partial charge >= 0.3 is 0 Å². The highest BCUT2D eigenvalue weighted by atomic mass is 127. The Kier molecular flexibility index (Phi) is 22.5. The van der Waals surface area contributed by atoms with Crippen LogP contribution in [0.3, 0.4) is 0 Å². The third-order valence-corrected chi connectivity index (χ3v) is 1.22. The van der Waals surface area contributed by atoms with Gasteiger partial charge in [-0.25, -0.2) is 15.0 Å². The van der Waals surface area contributed by atoms with Crippen molar-refractivity contribution >= 4 is 48.8 Å². The SMILES string of the molecule is Cl.Cl.I.c1c[nH]cn1.c1c[nH]cn1.c1c[nH]cn1. The largest absolute Gasteiger partial charge is 0.351 e. The molecule has 0 saturated heterocycles. The van der Waals surface area contributed by atoms with E-state index >= 15 is 0 Å². The summed E-state index contributed by atoms with van der Waals surface area (Å²) in [6.07, 6.45) is 15.2. The van der Waals surface area contributed by atoms with Crippen LogP contribution >= 0.6 is 48.8 Å². The molecule has 3 heterocycles. The van der Waals surface area contributed by atoms with Crippen molar-refractivity contribution in [1.29, 1.82) is 0 Å². The van der Waals surface area contributed by atoms with Crippen molar-refractivity contribution in [3.63, 3.8) is 0 Å². The average molecular weight is 405 g/mol. The molecule has 3 rings (SSSR count). The van der Waals surface area contributed by atoms with Crippen LogP contribution in [0, 0.1) is 0 Å². The Morgan fingerprint density at radius 1 is 0.556 bits per heavy atom. The Labute approximate surface area is 134 Å². The van der Waals surface area contributed by atoms with E-state index in [1.54, 1.807) is 56.2 Å². The summed E-state index contributed by atoms with van der Waals surface area (Å²) >= 11 is 0. The minimum absolute atomic E-state index is 0. The van der Waals surface area contributed by atoms with Crippen molar-refractivity contribution in [2.45, 2.75) is 0 Å². The third kappa shape index (κ3) is 14.9. The molecule has 3 aromatic heterocycles. The molecule has 0 radical (unpaired) electrons. The monoisotopic (exact) mass is 404 g/mol. The molecule has 0 spiro atoms. The first-order valence-electron chi connectivity index (χ1n) is 4.28. The van der Waals surface area contributed by atoms with E-state index < -0.39 is 0 Å². The van der Waals surface area contributed by atoms with Gasteiger partial charge in [0, 0.05) is 37.2 Å². The standard InChI is InChI=1S/3C3H4N2.2ClH.HI/c3*1-2-5-3-4-1;;;/h3*1-3H,(H,4,5);3*1H. The van der Waals surface area contributed by atoms with E-state index in [9.17, 15) is 0 Å². The molecule has 18 heavy (non-hydrogen) atoms. The van der Waals surface area contributed by atoms with E-state index in [1.807, 2.05) is 0 Å². The lowest BCUT2D eigenvalue weighted by atomic mass is 11.0. The molecule has 0 aromatic carbocycles. The molecule has 6 nitrogen and oxygen atoms in total. The van der Waals surface area contributed by atoms with Gasteiger partial charge in [0.1, 0.15) is 0 Å². The lowest BCUT2D eigenvalue weighted by Crippen LogP contribution is -1.44. The van der Waals surface area contributed by atoms with Crippen molar-refractivity contribution < 1.29 is 0 Å². The Morgan fingerprint density at radius 2 is 0.833 bits per heavy atom. The highest BCUT2D eigenvalue weighted by Crippen LogP contribution is 1.63. The normalized spacial score (nSPS) is 6.67. The number of nitrogens with one attached hydrogen (secondary N) is 3. The lowest BCUT2D eigenvalue weighted by molar-refractivity contribution is 1.31. The summed E-state index contributed by atoms with van der Waals surface area (Å²) < 4.78 is 0. The lowest BCUT2D eigenvalue weighted by Gasteiger charge is -1.46. The average Bonchev–Trinajstić information content (AvgIpc) is 3.09. The molecule has 0 atom stereocenters.